The van der Waals surface area contributed by atoms with Crippen LogP contribution in [-0.2, 0) is 16.1 Å². The molecule has 1 aromatic heterocycles. The predicted octanol–water partition coefficient (Wildman–Crippen LogP) is 4.55. The summed E-state index contributed by atoms with van der Waals surface area (Å²) in [4.78, 5) is 30.5. The van der Waals surface area contributed by atoms with E-state index >= 15 is 0 Å². The van der Waals surface area contributed by atoms with Gasteiger partial charge < -0.3 is 10.1 Å². The Bertz CT molecular complexity index is 966. The monoisotopic (exact) mass is 463 g/mol. The fraction of sp³-hybridized carbons (Fsp3) is 0.609. The molecule has 31 heavy (non-hydrogen) atoms. The fourth-order valence-corrected chi connectivity index (χ4v) is 5.42. The molecule has 1 atom stereocenters. The lowest BCUT2D eigenvalue weighted by Crippen LogP contribution is -2.36. The number of halogens is 1. The van der Waals surface area contributed by atoms with Crippen molar-refractivity contribution in [2.75, 3.05) is 12.4 Å². The molecule has 168 valence electrons. The third-order valence-electron chi connectivity index (χ3n) is 6.10. The van der Waals surface area contributed by atoms with Crippen LogP contribution in [-0.4, -0.2) is 40.0 Å². The Kier molecular flexibility index (Phi) is 7.91. The van der Waals surface area contributed by atoms with Gasteiger partial charge in [-0.2, -0.15) is 0 Å². The minimum absolute atomic E-state index is 0.000296. The van der Waals surface area contributed by atoms with Crippen molar-refractivity contribution >= 4 is 40.2 Å². The fourth-order valence-electron chi connectivity index (χ4n) is 4.44. The number of aromatic nitrogens is 2. The second kappa shape index (κ2) is 10.8. The van der Waals surface area contributed by atoms with Crippen LogP contribution in [0, 0.1) is 0 Å². The van der Waals surface area contributed by atoms with Gasteiger partial charge in [0.15, 0.2) is 5.16 Å². The Balaban J connectivity index is 1.50. The van der Waals surface area contributed by atoms with Crippen molar-refractivity contribution in [1.29, 1.82) is 0 Å². The van der Waals surface area contributed by atoms with Crippen molar-refractivity contribution in [2.45, 2.75) is 81.6 Å². The third-order valence-corrected chi connectivity index (χ3v) is 7.31. The summed E-state index contributed by atoms with van der Waals surface area (Å²) in [5, 5.41) is 4.80. The minimum atomic E-state index is -0.111. The van der Waals surface area contributed by atoms with Crippen LogP contribution >= 0.6 is 23.4 Å². The topological polar surface area (TPSA) is 73.2 Å². The van der Waals surface area contributed by atoms with E-state index in [-0.39, 0.29) is 29.4 Å². The average molecular weight is 464 g/mol. The highest BCUT2D eigenvalue weighted by Crippen LogP contribution is 2.23. The van der Waals surface area contributed by atoms with E-state index in [1.807, 2.05) is 0 Å². The zero-order valence-electron chi connectivity index (χ0n) is 17.8. The van der Waals surface area contributed by atoms with E-state index in [1.165, 1.54) is 43.9 Å². The highest BCUT2D eigenvalue weighted by atomic mass is 35.5. The van der Waals surface area contributed by atoms with Gasteiger partial charge in [-0.1, -0.05) is 55.5 Å². The summed E-state index contributed by atoms with van der Waals surface area (Å²) in [6.45, 7) is 1.18. The van der Waals surface area contributed by atoms with E-state index in [1.54, 1.807) is 22.8 Å². The summed E-state index contributed by atoms with van der Waals surface area (Å²) in [5.41, 5.74) is 0.448. The van der Waals surface area contributed by atoms with Gasteiger partial charge in [0, 0.05) is 17.7 Å². The first-order valence-corrected chi connectivity index (χ1v) is 12.7. The molecule has 2 heterocycles. The molecule has 0 bridgehead atoms. The van der Waals surface area contributed by atoms with Gasteiger partial charge in [-0.15, -0.1) is 0 Å². The van der Waals surface area contributed by atoms with Gasteiger partial charge in [0.2, 0.25) is 5.91 Å². The number of nitrogens with zero attached hydrogens (tertiary/aromatic N) is 2. The molecule has 1 aliphatic heterocycles. The Morgan fingerprint density at radius 3 is 2.68 bits per heavy atom. The molecule has 1 amide bonds. The molecule has 2 fully saturated rings. The van der Waals surface area contributed by atoms with E-state index in [9.17, 15) is 9.59 Å². The first kappa shape index (κ1) is 22.6. The number of amides is 1. The first-order valence-electron chi connectivity index (χ1n) is 11.3. The number of carbonyl (C=O) groups excluding carboxylic acids is 1. The van der Waals surface area contributed by atoms with Crippen molar-refractivity contribution in [1.82, 2.24) is 14.9 Å². The maximum Gasteiger partial charge on any atom is 0.262 e. The first-order chi connectivity index (χ1) is 15.1. The quantitative estimate of drug-likeness (QED) is 0.502. The van der Waals surface area contributed by atoms with Crippen molar-refractivity contribution < 1.29 is 9.53 Å². The molecule has 2 aliphatic rings. The van der Waals surface area contributed by atoms with Crippen LogP contribution in [0.5, 0.6) is 0 Å². The van der Waals surface area contributed by atoms with Gasteiger partial charge in [-0.3, -0.25) is 14.2 Å². The molecule has 1 saturated carbocycles. The summed E-state index contributed by atoms with van der Waals surface area (Å²) in [6, 6.07) is 5.38. The van der Waals surface area contributed by atoms with E-state index < -0.39 is 0 Å². The predicted molar refractivity (Wildman–Crippen MR) is 125 cm³/mol. The van der Waals surface area contributed by atoms with Crippen molar-refractivity contribution in [3.05, 3.63) is 33.6 Å². The minimum Gasteiger partial charge on any atom is -0.376 e. The molecule has 1 N–H and O–H groups in total. The largest absolute Gasteiger partial charge is 0.376 e. The highest BCUT2D eigenvalue weighted by molar-refractivity contribution is 7.99. The number of thioether (sulfide) groups is 1. The van der Waals surface area contributed by atoms with Crippen LogP contribution < -0.4 is 10.9 Å². The van der Waals surface area contributed by atoms with Gasteiger partial charge in [-0.05, 0) is 43.9 Å². The van der Waals surface area contributed by atoms with E-state index in [0.717, 1.165) is 32.3 Å². The van der Waals surface area contributed by atoms with Gasteiger partial charge in [0.05, 0.1) is 29.3 Å². The molecule has 6 nitrogen and oxygen atoms in total. The number of benzene rings is 1. The van der Waals surface area contributed by atoms with Crippen LogP contribution in [0.1, 0.15) is 57.8 Å². The van der Waals surface area contributed by atoms with E-state index in [0.29, 0.717) is 27.6 Å². The standard InChI is InChI=1S/C23H30ClN3O3S/c24-16-10-11-19-20(13-16)26-23(27(22(19)29)14-18-9-6-12-30-18)31-15-21(28)25-17-7-4-2-1-3-5-8-17/h10-11,13,17-18H,1-9,12,14-15H2,(H,25,28). The zero-order valence-corrected chi connectivity index (χ0v) is 19.3. The molecule has 1 aromatic carbocycles. The molecule has 1 unspecified atom stereocenters. The highest BCUT2D eigenvalue weighted by Gasteiger charge is 2.21. The number of nitrogens with one attached hydrogen (secondary N) is 1. The SMILES string of the molecule is O=C(CSc1nc2cc(Cl)ccc2c(=O)n1CC1CCCO1)NC1CCCCCCC1. The van der Waals surface area contributed by atoms with E-state index in [2.05, 4.69) is 5.32 Å². The molecule has 2 aromatic rings. The molecule has 0 radical (unpaired) electrons. The van der Waals surface area contributed by atoms with Crippen molar-refractivity contribution in [3.63, 3.8) is 0 Å². The van der Waals surface area contributed by atoms with Gasteiger partial charge in [-0.25, -0.2) is 4.98 Å². The summed E-state index contributed by atoms with van der Waals surface area (Å²) >= 11 is 7.43. The number of carbonyl (C=O) groups is 1. The summed E-state index contributed by atoms with van der Waals surface area (Å²) in [6.07, 6.45) is 10.2. The number of hydrogen-bond donors (Lipinski definition) is 1. The molecular formula is C23H30ClN3O3S. The van der Waals surface area contributed by atoms with Crippen LogP contribution in [0.3, 0.4) is 0 Å². The van der Waals surface area contributed by atoms with Crippen molar-refractivity contribution in [3.8, 4) is 0 Å². The van der Waals surface area contributed by atoms with Gasteiger partial charge in [0.1, 0.15) is 0 Å². The zero-order chi connectivity index (χ0) is 21.6. The second-order valence-corrected chi connectivity index (χ2v) is 9.88. The molecule has 1 aliphatic carbocycles. The number of hydrogen-bond acceptors (Lipinski definition) is 5. The molecule has 4 rings (SSSR count). The Morgan fingerprint density at radius 1 is 1.16 bits per heavy atom. The lowest BCUT2D eigenvalue weighted by atomic mass is 9.97. The molecule has 8 heteroatoms. The Morgan fingerprint density at radius 2 is 1.94 bits per heavy atom. The van der Waals surface area contributed by atoms with Crippen LogP contribution in [0.2, 0.25) is 5.02 Å². The molecule has 0 spiro atoms. The number of ether oxygens (including phenoxy) is 1. The smallest absolute Gasteiger partial charge is 0.262 e. The normalized spacial score (nSPS) is 20.5. The average Bonchev–Trinajstić information content (AvgIpc) is 3.24. The van der Waals surface area contributed by atoms with E-state index in [4.69, 9.17) is 21.3 Å². The second-order valence-electron chi connectivity index (χ2n) is 8.50. The molecular weight excluding hydrogens is 434 g/mol. The summed E-state index contributed by atoms with van der Waals surface area (Å²) < 4.78 is 7.42. The maximum atomic E-state index is 13.2. The number of fused-ring (bicyclic) bond motifs is 1. The van der Waals surface area contributed by atoms with Gasteiger partial charge >= 0.3 is 0 Å². The van der Waals surface area contributed by atoms with Crippen molar-refractivity contribution in [2.24, 2.45) is 0 Å². The summed E-state index contributed by atoms with van der Waals surface area (Å²) in [7, 11) is 0. The van der Waals surface area contributed by atoms with Gasteiger partial charge in [0.25, 0.3) is 5.56 Å². The Labute approximate surface area is 192 Å². The molecule has 1 saturated heterocycles. The maximum absolute atomic E-state index is 13.2. The number of rotatable bonds is 6. The Hall–Kier alpha value is -1.57. The third kappa shape index (κ3) is 6.02. The lowest BCUT2D eigenvalue weighted by Gasteiger charge is -2.21. The summed E-state index contributed by atoms with van der Waals surface area (Å²) in [5.74, 6) is 0.236. The van der Waals surface area contributed by atoms with Crippen LogP contribution in [0.4, 0.5) is 0 Å². The van der Waals surface area contributed by atoms with Crippen LogP contribution in [0.25, 0.3) is 10.9 Å². The lowest BCUT2D eigenvalue weighted by molar-refractivity contribution is -0.119. The van der Waals surface area contributed by atoms with Crippen LogP contribution in [0.15, 0.2) is 28.2 Å².